The third-order valence-corrected chi connectivity index (χ3v) is 5.49. The second kappa shape index (κ2) is 10.5. The number of hydrogen-bond donors (Lipinski definition) is 0. The number of benzene rings is 2. The molecule has 0 N–H and O–H groups in total. The molecule has 0 saturated heterocycles. The van der Waals surface area contributed by atoms with Crippen LogP contribution >= 0.6 is 23.4 Å². The Balaban J connectivity index is 1.69. The second-order valence-electron chi connectivity index (χ2n) is 6.25. The van der Waals surface area contributed by atoms with E-state index >= 15 is 0 Å². The minimum absolute atomic E-state index is 0.599. The molecule has 0 radical (unpaired) electrons. The minimum atomic E-state index is 0.599. The Kier molecular flexibility index (Phi) is 7.77. The van der Waals surface area contributed by atoms with Crippen molar-refractivity contribution in [3.8, 4) is 17.1 Å². The lowest BCUT2D eigenvalue weighted by Crippen LogP contribution is -2.07. The van der Waals surface area contributed by atoms with Gasteiger partial charge in [0.05, 0.1) is 11.6 Å². The first-order valence-electron chi connectivity index (χ1n) is 9.19. The van der Waals surface area contributed by atoms with Crippen molar-refractivity contribution < 1.29 is 9.47 Å². The van der Waals surface area contributed by atoms with Gasteiger partial charge in [0.25, 0.3) is 0 Å². The topological polar surface area (TPSA) is 49.2 Å². The van der Waals surface area contributed by atoms with E-state index in [4.69, 9.17) is 21.1 Å². The minimum Gasteiger partial charge on any atom is -0.492 e. The highest BCUT2D eigenvalue weighted by molar-refractivity contribution is 7.99. The predicted octanol–water partition coefficient (Wildman–Crippen LogP) is 5.11. The van der Waals surface area contributed by atoms with Crippen LogP contribution in [0.25, 0.3) is 11.4 Å². The number of halogens is 1. The Labute approximate surface area is 175 Å². The summed E-state index contributed by atoms with van der Waals surface area (Å²) in [5.74, 6) is 2.48. The van der Waals surface area contributed by atoms with Gasteiger partial charge >= 0.3 is 0 Å². The van der Waals surface area contributed by atoms with Gasteiger partial charge < -0.3 is 14.0 Å². The van der Waals surface area contributed by atoms with Crippen molar-refractivity contribution >= 4 is 23.4 Å². The molecule has 148 valence electrons. The fraction of sp³-hybridized carbons (Fsp3) is 0.333. The van der Waals surface area contributed by atoms with Gasteiger partial charge in [-0.05, 0) is 37.1 Å². The Hall–Kier alpha value is -2.02. The highest BCUT2D eigenvalue weighted by Crippen LogP contribution is 2.29. The molecule has 0 spiro atoms. The van der Waals surface area contributed by atoms with E-state index in [0.717, 1.165) is 46.6 Å². The van der Waals surface area contributed by atoms with E-state index in [9.17, 15) is 0 Å². The van der Waals surface area contributed by atoms with Crippen LogP contribution in [0.5, 0.6) is 5.75 Å². The molecule has 0 unspecified atom stereocenters. The maximum absolute atomic E-state index is 6.38. The van der Waals surface area contributed by atoms with Crippen molar-refractivity contribution in [1.82, 2.24) is 14.8 Å². The van der Waals surface area contributed by atoms with Gasteiger partial charge in [0.2, 0.25) is 0 Å². The van der Waals surface area contributed by atoms with Crippen LogP contribution in [0, 0.1) is 6.92 Å². The van der Waals surface area contributed by atoms with Crippen LogP contribution in [0.2, 0.25) is 5.02 Å². The normalized spacial score (nSPS) is 11.0. The molecular formula is C21H24ClN3O2S. The van der Waals surface area contributed by atoms with Gasteiger partial charge in [-0.25, -0.2) is 0 Å². The molecule has 0 bridgehead atoms. The molecule has 28 heavy (non-hydrogen) atoms. The molecule has 0 fully saturated rings. The number of methoxy groups -OCH3 is 1. The van der Waals surface area contributed by atoms with Gasteiger partial charge in [-0.1, -0.05) is 53.7 Å². The zero-order valence-corrected chi connectivity index (χ0v) is 17.7. The summed E-state index contributed by atoms with van der Waals surface area (Å²) in [5.41, 5.74) is 2.02. The Morgan fingerprint density at radius 3 is 2.61 bits per heavy atom. The molecule has 0 aliphatic rings. The van der Waals surface area contributed by atoms with Crippen LogP contribution in [0.3, 0.4) is 0 Å². The largest absolute Gasteiger partial charge is 0.492 e. The van der Waals surface area contributed by atoms with Crippen molar-refractivity contribution in [2.24, 2.45) is 0 Å². The quantitative estimate of drug-likeness (QED) is 0.338. The number of nitrogens with zero attached hydrogens (tertiary/aromatic N) is 3. The van der Waals surface area contributed by atoms with Crippen LogP contribution in [-0.4, -0.2) is 40.8 Å². The number of aromatic nitrogens is 3. The zero-order chi connectivity index (χ0) is 19.8. The number of aryl methyl sites for hydroxylation is 1. The van der Waals surface area contributed by atoms with Crippen molar-refractivity contribution in [2.75, 3.05) is 26.1 Å². The van der Waals surface area contributed by atoms with E-state index in [2.05, 4.69) is 14.8 Å². The fourth-order valence-corrected chi connectivity index (χ4v) is 3.81. The summed E-state index contributed by atoms with van der Waals surface area (Å²) >= 11 is 8.01. The molecule has 3 rings (SSSR count). The molecule has 0 atom stereocenters. The third kappa shape index (κ3) is 5.28. The standard InChI is InChI=1S/C21H24ClN3O2S/c1-16-8-3-6-11-19(16)27-14-15-28-21-24-23-20(25(21)12-7-13-26-2)17-9-4-5-10-18(17)22/h3-6,8-11H,7,12-15H2,1-2H3. The average molecular weight is 418 g/mol. The van der Waals surface area contributed by atoms with Gasteiger partial charge in [0.1, 0.15) is 5.75 Å². The summed E-state index contributed by atoms with van der Waals surface area (Å²) in [6, 6.07) is 15.7. The first kappa shape index (κ1) is 20.7. The number of thioether (sulfide) groups is 1. The van der Waals surface area contributed by atoms with Crippen LogP contribution in [0.4, 0.5) is 0 Å². The molecule has 0 aliphatic carbocycles. The summed E-state index contributed by atoms with van der Waals surface area (Å²) in [7, 11) is 1.71. The van der Waals surface area contributed by atoms with Crippen LogP contribution in [0.1, 0.15) is 12.0 Å². The average Bonchev–Trinajstić information content (AvgIpc) is 3.10. The maximum Gasteiger partial charge on any atom is 0.191 e. The Bertz CT molecular complexity index is 901. The van der Waals surface area contributed by atoms with Crippen molar-refractivity contribution in [3.63, 3.8) is 0 Å². The smallest absolute Gasteiger partial charge is 0.191 e. The molecule has 0 amide bonds. The van der Waals surface area contributed by atoms with Crippen molar-refractivity contribution in [1.29, 1.82) is 0 Å². The molecule has 1 aromatic heterocycles. The third-order valence-electron chi connectivity index (χ3n) is 4.23. The van der Waals surface area contributed by atoms with Crippen LogP contribution in [0.15, 0.2) is 53.7 Å². The van der Waals surface area contributed by atoms with Gasteiger partial charge in [-0.2, -0.15) is 0 Å². The van der Waals surface area contributed by atoms with Crippen molar-refractivity contribution in [2.45, 2.75) is 25.0 Å². The van der Waals surface area contributed by atoms with Gasteiger partial charge in [0, 0.05) is 31.6 Å². The lowest BCUT2D eigenvalue weighted by Gasteiger charge is -2.11. The molecule has 2 aromatic carbocycles. The SMILES string of the molecule is COCCCn1c(SCCOc2ccccc2C)nnc1-c1ccccc1Cl. The maximum atomic E-state index is 6.38. The monoisotopic (exact) mass is 417 g/mol. The van der Waals surface area contributed by atoms with E-state index in [1.807, 2.05) is 55.5 Å². The summed E-state index contributed by atoms with van der Waals surface area (Å²) in [4.78, 5) is 0. The summed E-state index contributed by atoms with van der Waals surface area (Å²) in [6.07, 6.45) is 0.874. The van der Waals surface area contributed by atoms with E-state index in [1.54, 1.807) is 18.9 Å². The molecule has 0 aliphatic heterocycles. The van der Waals surface area contributed by atoms with Crippen molar-refractivity contribution in [3.05, 3.63) is 59.1 Å². The number of ether oxygens (including phenoxy) is 2. The number of para-hydroxylation sites is 1. The Morgan fingerprint density at radius 2 is 1.82 bits per heavy atom. The van der Waals surface area contributed by atoms with E-state index < -0.39 is 0 Å². The van der Waals surface area contributed by atoms with E-state index in [1.165, 1.54) is 0 Å². The molecule has 1 heterocycles. The van der Waals surface area contributed by atoms with E-state index in [0.29, 0.717) is 18.2 Å². The van der Waals surface area contributed by atoms with Gasteiger partial charge in [-0.3, -0.25) is 0 Å². The predicted molar refractivity (Wildman–Crippen MR) is 114 cm³/mol. The summed E-state index contributed by atoms with van der Waals surface area (Å²) < 4.78 is 13.2. The first-order valence-corrected chi connectivity index (χ1v) is 10.6. The number of hydrogen-bond acceptors (Lipinski definition) is 5. The molecular weight excluding hydrogens is 394 g/mol. The molecule has 3 aromatic rings. The lowest BCUT2D eigenvalue weighted by molar-refractivity contribution is 0.189. The fourth-order valence-electron chi connectivity index (χ4n) is 2.81. The highest BCUT2D eigenvalue weighted by atomic mass is 35.5. The highest BCUT2D eigenvalue weighted by Gasteiger charge is 2.16. The van der Waals surface area contributed by atoms with Crippen LogP contribution in [-0.2, 0) is 11.3 Å². The van der Waals surface area contributed by atoms with Gasteiger partial charge in [-0.15, -0.1) is 10.2 Å². The lowest BCUT2D eigenvalue weighted by atomic mass is 10.2. The molecule has 7 heteroatoms. The summed E-state index contributed by atoms with van der Waals surface area (Å²) in [5, 5.41) is 10.3. The zero-order valence-electron chi connectivity index (χ0n) is 16.1. The Morgan fingerprint density at radius 1 is 1.04 bits per heavy atom. The van der Waals surface area contributed by atoms with Crippen LogP contribution < -0.4 is 4.74 Å². The van der Waals surface area contributed by atoms with E-state index in [-0.39, 0.29) is 0 Å². The molecule has 0 saturated carbocycles. The van der Waals surface area contributed by atoms with Gasteiger partial charge in [0.15, 0.2) is 11.0 Å². The molecule has 5 nitrogen and oxygen atoms in total. The second-order valence-corrected chi connectivity index (χ2v) is 7.72. The number of rotatable bonds is 10. The summed E-state index contributed by atoms with van der Waals surface area (Å²) in [6.45, 7) is 4.09. The first-order chi connectivity index (χ1) is 13.7.